The minimum absolute atomic E-state index is 0.751. The van der Waals surface area contributed by atoms with Crippen molar-refractivity contribution in [3.8, 4) is 0 Å². The molecule has 2 nitrogen and oxygen atoms in total. The zero-order chi connectivity index (χ0) is 9.26. The van der Waals surface area contributed by atoms with Gasteiger partial charge in [0.25, 0.3) is 0 Å². The molecule has 2 fully saturated rings. The molecule has 13 heavy (non-hydrogen) atoms. The average Bonchev–Trinajstić information content (AvgIpc) is 2.02. The number of piperidine rings is 1. The molecule has 2 heterocycles. The fraction of sp³-hybridized carbons (Fsp3) is 1.00. The van der Waals surface area contributed by atoms with Crippen LogP contribution in [0.3, 0.4) is 0 Å². The maximum absolute atomic E-state index is 2.70. The minimum Gasteiger partial charge on any atom is -0.298 e. The molecule has 0 N–H and O–H groups in total. The van der Waals surface area contributed by atoms with Gasteiger partial charge >= 0.3 is 0 Å². The molecule has 0 saturated carbocycles. The largest absolute Gasteiger partial charge is 0.298 e. The molecule has 76 valence electrons. The maximum Gasteiger partial charge on any atom is 0.0350 e. The highest BCUT2D eigenvalue weighted by atomic mass is 15.3. The number of rotatable bonds is 2. The summed E-state index contributed by atoms with van der Waals surface area (Å²) in [4.78, 5) is 5.27. The summed E-state index contributed by atoms with van der Waals surface area (Å²) >= 11 is 0. The third-order valence-corrected chi connectivity index (χ3v) is 3.53. The molecular formula is C11H22N2. The molecule has 2 aliphatic heterocycles. The van der Waals surface area contributed by atoms with Crippen molar-refractivity contribution in [1.29, 1.82) is 0 Å². The summed E-state index contributed by atoms with van der Waals surface area (Å²) in [6.07, 6.45) is 4.31. The number of nitrogens with zero attached hydrogens (tertiary/aromatic N) is 2. The number of likely N-dealkylation sites (tertiary alicyclic amines) is 2. The van der Waals surface area contributed by atoms with Gasteiger partial charge in [-0.05, 0) is 39.8 Å². The van der Waals surface area contributed by atoms with Crippen molar-refractivity contribution in [3.63, 3.8) is 0 Å². The lowest BCUT2D eigenvalue weighted by molar-refractivity contribution is 0.00535. The predicted octanol–water partition coefficient (Wildman–Crippen LogP) is 1.56. The van der Waals surface area contributed by atoms with Crippen molar-refractivity contribution < 1.29 is 0 Å². The van der Waals surface area contributed by atoms with Crippen LogP contribution in [0.5, 0.6) is 0 Å². The molecule has 0 amide bonds. The molecular weight excluding hydrogens is 160 g/mol. The summed E-state index contributed by atoms with van der Waals surface area (Å²) in [5.74, 6) is 0. The van der Waals surface area contributed by atoms with E-state index in [1.807, 2.05) is 0 Å². The van der Waals surface area contributed by atoms with Crippen molar-refractivity contribution >= 4 is 0 Å². The van der Waals surface area contributed by atoms with Crippen LogP contribution in [0, 0.1) is 0 Å². The molecule has 0 bridgehead atoms. The van der Waals surface area contributed by atoms with Crippen LogP contribution < -0.4 is 0 Å². The second-order valence-corrected chi connectivity index (χ2v) is 4.80. The molecule has 0 unspecified atom stereocenters. The SMILES string of the molecule is CC(C)N1CC(N2CCCCC2)C1. The highest BCUT2D eigenvalue weighted by Crippen LogP contribution is 2.21. The zero-order valence-corrected chi connectivity index (χ0v) is 9.00. The van der Waals surface area contributed by atoms with Crippen molar-refractivity contribution in [2.24, 2.45) is 0 Å². The van der Waals surface area contributed by atoms with E-state index in [2.05, 4.69) is 23.6 Å². The summed E-state index contributed by atoms with van der Waals surface area (Å²) < 4.78 is 0. The second kappa shape index (κ2) is 3.97. The van der Waals surface area contributed by atoms with Gasteiger partial charge in [-0.15, -0.1) is 0 Å². The van der Waals surface area contributed by atoms with Gasteiger partial charge in [0.15, 0.2) is 0 Å². The molecule has 0 spiro atoms. The Morgan fingerprint density at radius 1 is 1.00 bits per heavy atom. The van der Waals surface area contributed by atoms with Gasteiger partial charge in [-0.2, -0.15) is 0 Å². The van der Waals surface area contributed by atoms with E-state index in [0.29, 0.717) is 0 Å². The second-order valence-electron chi connectivity index (χ2n) is 4.80. The Kier molecular flexibility index (Phi) is 2.89. The first-order valence-electron chi connectivity index (χ1n) is 5.75. The molecule has 2 aliphatic rings. The van der Waals surface area contributed by atoms with E-state index in [9.17, 15) is 0 Å². The van der Waals surface area contributed by atoms with Crippen molar-refractivity contribution in [3.05, 3.63) is 0 Å². The van der Waals surface area contributed by atoms with E-state index in [1.54, 1.807) is 0 Å². The van der Waals surface area contributed by atoms with Gasteiger partial charge in [0.1, 0.15) is 0 Å². The van der Waals surface area contributed by atoms with Crippen LogP contribution >= 0.6 is 0 Å². The molecule has 0 aromatic heterocycles. The van der Waals surface area contributed by atoms with Crippen LogP contribution in [0.2, 0.25) is 0 Å². The summed E-state index contributed by atoms with van der Waals surface area (Å²) in [5.41, 5.74) is 0. The Bertz CT molecular complexity index is 155. The van der Waals surface area contributed by atoms with Crippen molar-refractivity contribution in [2.45, 2.75) is 45.2 Å². The third kappa shape index (κ3) is 2.05. The molecule has 0 aromatic carbocycles. The topological polar surface area (TPSA) is 6.48 Å². The van der Waals surface area contributed by atoms with E-state index < -0.39 is 0 Å². The van der Waals surface area contributed by atoms with Crippen LogP contribution in [-0.4, -0.2) is 48.1 Å². The molecule has 2 rings (SSSR count). The molecule has 2 saturated heterocycles. The summed E-state index contributed by atoms with van der Waals surface area (Å²) in [6, 6.07) is 1.64. The Balaban J connectivity index is 1.72. The maximum atomic E-state index is 2.70. The van der Waals surface area contributed by atoms with Crippen molar-refractivity contribution in [1.82, 2.24) is 9.80 Å². The average molecular weight is 182 g/mol. The quantitative estimate of drug-likeness (QED) is 0.639. The van der Waals surface area contributed by atoms with Crippen molar-refractivity contribution in [2.75, 3.05) is 26.2 Å². The molecule has 0 radical (unpaired) electrons. The van der Waals surface area contributed by atoms with Gasteiger partial charge in [-0.1, -0.05) is 6.42 Å². The summed E-state index contributed by atoms with van der Waals surface area (Å²) in [6.45, 7) is 9.95. The Labute approximate surface area is 81.9 Å². The standard InChI is InChI=1S/C11H22N2/c1-10(2)13-8-11(9-13)12-6-4-3-5-7-12/h10-11H,3-9H2,1-2H3. The van der Waals surface area contributed by atoms with Gasteiger partial charge in [0.05, 0.1) is 0 Å². The summed E-state index contributed by atoms with van der Waals surface area (Å²) in [7, 11) is 0. The lowest BCUT2D eigenvalue weighted by Gasteiger charge is -2.48. The number of hydrogen-bond acceptors (Lipinski definition) is 2. The van der Waals surface area contributed by atoms with Gasteiger partial charge in [0, 0.05) is 25.2 Å². The Morgan fingerprint density at radius 3 is 2.15 bits per heavy atom. The van der Waals surface area contributed by atoms with Crippen LogP contribution in [0.15, 0.2) is 0 Å². The van der Waals surface area contributed by atoms with E-state index in [4.69, 9.17) is 0 Å². The van der Waals surface area contributed by atoms with Gasteiger partial charge < -0.3 is 0 Å². The van der Waals surface area contributed by atoms with Crippen LogP contribution in [0.4, 0.5) is 0 Å². The third-order valence-electron chi connectivity index (χ3n) is 3.53. The highest BCUT2D eigenvalue weighted by Gasteiger charge is 2.33. The normalized spacial score (nSPS) is 27.9. The van der Waals surface area contributed by atoms with Gasteiger partial charge in [-0.25, -0.2) is 0 Å². The fourth-order valence-electron chi connectivity index (χ4n) is 2.42. The Hall–Kier alpha value is -0.0800. The van der Waals surface area contributed by atoms with Crippen LogP contribution in [-0.2, 0) is 0 Å². The highest BCUT2D eigenvalue weighted by molar-refractivity contribution is 4.90. The molecule has 0 aliphatic carbocycles. The first-order chi connectivity index (χ1) is 6.27. The predicted molar refractivity (Wildman–Crippen MR) is 55.9 cm³/mol. The summed E-state index contributed by atoms with van der Waals surface area (Å²) in [5, 5.41) is 0. The molecule has 0 atom stereocenters. The molecule has 0 aromatic rings. The lowest BCUT2D eigenvalue weighted by Crippen LogP contribution is -2.61. The van der Waals surface area contributed by atoms with Gasteiger partial charge in [0.2, 0.25) is 0 Å². The van der Waals surface area contributed by atoms with Gasteiger partial charge in [-0.3, -0.25) is 9.80 Å². The lowest BCUT2D eigenvalue weighted by atomic mass is 10.0. The van der Waals surface area contributed by atoms with E-state index >= 15 is 0 Å². The van der Waals surface area contributed by atoms with Crippen LogP contribution in [0.25, 0.3) is 0 Å². The monoisotopic (exact) mass is 182 g/mol. The van der Waals surface area contributed by atoms with E-state index in [-0.39, 0.29) is 0 Å². The first-order valence-corrected chi connectivity index (χ1v) is 5.75. The minimum atomic E-state index is 0.751. The number of hydrogen-bond donors (Lipinski definition) is 0. The molecule has 2 heteroatoms. The first kappa shape index (κ1) is 9.47. The Morgan fingerprint density at radius 2 is 1.62 bits per heavy atom. The van der Waals surface area contributed by atoms with E-state index in [0.717, 1.165) is 12.1 Å². The van der Waals surface area contributed by atoms with E-state index in [1.165, 1.54) is 45.4 Å². The zero-order valence-electron chi connectivity index (χ0n) is 9.00. The van der Waals surface area contributed by atoms with Crippen LogP contribution in [0.1, 0.15) is 33.1 Å². The smallest absolute Gasteiger partial charge is 0.0350 e. The fourth-order valence-corrected chi connectivity index (χ4v) is 2.42.